The van der Waals surface area contributed by atoms with Crippen LogP contribution < -0.4 is 4.90 Å². The van der Waals surface area contributed by atoms with Crippen molar-refractivity contribution >= 4 is 29.4 Å². The quantitative estimate of drug-likeness (QED) is 0.525. The lowest BCUT2D eigenvalue weighted by atomic mass is 9.74. The van der Waals surface area contributed by atoms with Crippen molar-refractivity contribution in [3.63, 3.8) is 0 Å². The molecular weight excluding hydrogens is 502 g/mol. The molecule has 4 rings (SSSR count). The number of carboxylic acid groups (broad SMARTS) is 1. The molecular formula is C29H40ClN5O3. The minimum absolute atomic E-state index is 0.0555. The smallest absolute Gasteiger partial charge is 0.407 e. The first-order chi connectivity index (χ1) is 17.9. The highest BCUT2D eigenvalue weighted by Gasteiger charge is 2.46. The van der Waals surface area contributed by atoms with Crippen molar-refractivity contribution in [3.05, 3.63) is 52.4 Å². The van der Waals surface area contributed by atoms with Gasteiger partial charge >= 0.3 is 6.09 Å². The highest BCUT2D eigenvalue weighted by molar-refractivity contribution is 6.30. The summed E-state index contributed by atoms with van der Waals surface area (Å²) < 4.78 is 0. The minimum atomic E-state index is -1.02. The van der Waals surface area contributed by atoms with Crippen LogP contribution in [0.3, 0.4) is 0 Å². The van der Waals surface area contributed by atoms with Crippen molar-refractivity contribution in [2.24, 2.45) is 5.41 Å². The van der Waals surface area contributed by atoms with E-state index in [-0.39, 0.29) is 11.9 Å². The highest BCUT2D eigenvalue weighted by Crippen LogP contribution is 2.40. The molecule has 2 amide bonds. The Morgan fingerprint density at radius 3 is 2.26 bits per heavy atom. The number of nitrogens with zero attached hydrogens (tertiary/aromatic N) is 5. The summed E-state index contributed by atoms with van der Waals surface area (Å²) >= 11 is 6.19. The normalized spacial score (nSPS) is 19.3. The van der Waals surface area contributed by atoms with Crippen molar-refractivity contribution in [2.45, 2.75) is 78.3 Å². The molecule has 8 nitrogen and oxygen atoms in total. The molecule has 0 radical (unpaired) electrons. The Kier molecular flexibility index (Phi) is 8.21. The van der Waals surface area contributed by atoms with Crippen LogP contribution in [0.4, 0.5) is 10.6 Å². The van der Waals surface area contributed by atoms with E-state index in [0.717, 1.165) is 29.9 Å². The molecule has 1 N–H and O–H groups in total. The van der Waals surface area contributed by atoms with Gasteiger partial charge in [0, 0.05) is 48.5 Å². The van der Waals surface area contributed by atoms with Gasteiger partial charge in [-0.2, -0.15) is 0 Å². The Labute approximate surface area is 231 Å². The van der Waals surface area contributed by atoms with E-state index >= 15 is 0 Å². The van der Waals surface area contributed by atoms with Gasteiger partial charge in [0.25, 0.3) is 0 Å². The van der Waals surface area contributed by atoms with Crippen LogP contribution in [-0.4, -0.2) is 75.1 Å². The number of carbonyl (C=O) groups is 2. The molecule has 1 unspecified atom stereocenters. The first kappa shape index (κ1) is 28.1. The molecule has 3 atom stereocenters. The van der Waals surface area contributed by atoms with Gasteiger partial charge in [-0.25, -0.2) is 14.8 Å². The number of anilines is 1. The first-order valence-corrected chi connectivity index (χ1v) is 13.9. The summed E-state index contributed by atoms with van der Waals surface area (Å²) in [5.74, 6) is 0.701. The molecule has 9 heteroatoms. The maximum atomic E-state index is 14.3. The number of benzene rings is 1. The molecule has 0 bridgehead atoms. The number of carbonyl (C=O) groups excluding carboxylic acids is 1. The number of rotatable bonds is 6. The molecule has 1 fully saturated rings. The van der Waals surface area contributed by atoms with Gasteiger partial charge in [0.05, 0.1) is 12.0 Å². The molecule has 1 aromatic heterocycles. The van der Waals surface area contributed by atoms with Crippen LogP contribution in [0.1, 0.15) is 76.6 Å². The lowest BCUT2D eigenvalue weighted by Gasteiger charge is -2.46. The van der Waals surface area contributed by atoms with E-state index in [1.807, 2.05) is 51.7 Å². The van der Waals surface area contributed by atoms with Crippen molar-refractivity contribution in [1.82, 2.24) is 19.8 Å². The maximum absolute atomic E-state index is 14.3. The number of halogens is 1. The highest BCUT2D eigenvalue weighted by atomic mass is 35.5. The lowest BCUT2D eigenvalue weighted by molar-refractivity contribution is -0.136. The summed E-state index contributed by atoms with van der Waals surface area (Å²) in [7, 11) is 0. The Morgan fingerprint density at radius 1 is 1.08 bits per heavy atom. The third kappa shape index (κ3) is 5.60. The predicted octanol–water partition coefficient (Wildman–Crippen LogP) is 5.42. The molecule has 1 aliphatic carbocycles. The number of hydrogen-bond acceptors (Lipinski definition) is 5. The van der Waals surface area contributed by atoms with E-state index < -0.39 is 23.5 Å². The zero-order chi connectivity index (χ0) is 27.8. The molecule has 2 aromatic rings. The minimum Gasteiger partial charge on any atom is -0.465 e. The SMILES string of the molecule is CC(C)N(C(=O)O)[C@@H](C(C(=O)N1CCN(c2ncnc3c2[C@H](C)CC3)CC1)c1ccc(Cl)cc1)C(C)(C)C. The summed E-state index contributed by atoms with van der Waals surface area (Å²) in [4.78, 5) is 41.6. The Balaban J connectivity index is 1.64. The Morgan fingerprint density at radius 2 is 1.71 bits per heavy atom. The second kappa shape index (κ2) is 11.1. The summed E-state index contributed by atoms with van der Waals surface area (Å²) in [6.07, 6.45) is 2.70. The fraction of sp³-hybridized carbons (Fsp3) is 0.586. The van der Waals surface area contributed by atoms with Gasteiger partial charge in [0.2, 0.25) is 5.91 Å². The van der Waals surface area contributed by atoms with E-state index in [1.54, 1.807) is 18.5 Å². The molecule has 1 aromatic carbocycles. The molecule has 38 heavy (non-hydrogen) atoms. The zero-order valence-electron chi connectivity index (χ0n) is 23.3. The monoisotopic (exact) mass is 541 g/mol. The number of aryl methyl sites for hydroxylation is 1. The topological polar surface area (TPSA) is 89.9 Å². The molecule has 2 heterocycles. The fourth-order valence-corrected chi connectivity index (χ4v) is 6.21. The van der Waals surface area contributed by atoms with E-state index in [1.165, 1.54) is 10.5 Å². The Bertz CT molecular complexity index is 1160. The van der Waals surface area contributed by atoms with Gasteiger partial charge in [-0.15, -0.1) is 0 Å². The molecule has 0 saturated carbocycles. The van der Waals surface area contributed by atoms with Gasteiger partial charge in [-0.3, -0.25) is 4.79 Å². The average Bonchev–Trinajstić information content (AvgIpc) is 3.24. The van der Waals surface area contributed by atoms with Crippen LogP contribution in [0.5, 0.6) is 0 Å². The van der Waals surface area contributed by atoms with Crippen molar-refractivity contribution < 1.29 is 14.7 Å². The van der Waals surface area contributed by atoms with Crippen LogP contribution in [0, 0.1) is 5.41 Å². The lowest BCUT2D eigenvalue weighted by Crippen LogP contribution is -2.58. The molecule has 0 spiro atoms. The molecule has 1 saturated heterocycles. The molecule has 206 valence electrons. The number of amides is 2. The summed E-state index contributed by atoms with van der Waals surface area (Å²) in [5.41, 5.74) is 2.66. The van der Waals surface area contributed by atoms with Gasteiger partial charge < -0.3 is 19.8 Å². The van der Waals surface area contributed by atoms with Crippen LogP contribution in [0.15, 0.2) is 30.6 Å². The second-order valence-electron chi connectivity index (χ2n) is 11.9. The summed E-state index contributed by atoms with van der Waals surface area (Å²) in [6.45, 7) is 14.4. The second-order valence-corrected chi connectivity index (χ2v) is 12.4. The van der Waals surface area contributed by atoms with E-state index in [4.69, 9.17) is 11.6 Å². The predicted molar refractivity (Wildman–Crippen MR) is 150 cm³/mol. The van der Waals surface area contributed by atoms with Gasteiger partial charge in [-0.1, -0.05) is 51.4 Å². The van der Waals surface area contributed by atoms with Crippen LogP contribution in [0.2, 0.25) is 5.02 Å². The first-order valence-electron chi connectivity index (χ1n) is 13.5. The molecule has 2 aliphatic rings. The number of fused-ring (bicyclic) bond motifs is 1. The van der Waals surface area contributed by atoms with Crippen LogP contribution in [0.25, 0.3) is 0 Å². The number of piperazine rings is 1. The molecule has 1 aliphatic heterocycles. The van der Waals surface area contributed by atoms with E-state index in [2.05, 4.69) is 21.8 Å². The standard InChI is InChI=1S/C29H40ClN5O3/c1-18(2)35(28(37)38)25(29(4,5)6)24(20-8-10-21(30)11-9-20)27(36)34-15-13-33(14-16-34)26-23-19(3)7-12-22(23)31-17-32-26/h8-11,17-19,24-25H,7,12-16H2,1-6H3,(H,37,38)/t19-,24?,25+/m1/s1. The van der Waals surface area contributed by atoms with Crippen molar-refractivity contribution in [2.75, 3.05) is 31.1 Å². The summed E-state index contributed by atoms with van der Waals surface area (Å²) in [5, 5.41) is 10.8. The van der Waals surface area contributed by atoms with Crippen LogP contribution >= 0.6 is 11.6 Å². The largest absolute Gasteiger partial charge is 0.465 e. The third-order valence-electron chi connectivity index (χ3n) is 7.92. The Hall–Kier alpha value is -2.87. The fourth-order valence-electron chi connectivity index (χ4n) is 6.08. The average molecular weight is 542 g/mol. The number of aromatic nitrogens is 2. The van der Waals surface area contributed by atoms with Gasteiger partial charge in [0.15, 0.2) is 0 Å². The van der Waals surface area contributed by atoms with E-state index in [0.29, 0.717) is 37.1 Å². The maximum Gasteiger partial charge on any atom is 0.407 e. The van der Waals surface area contributed by atoms with Crippen LogP contribution in [-0.2, 0) is 11.2 Å². The third-order valence-corrected chi connectivity index (χ3v) is 8.17. The van der Waals surface area contributed by atoms with Crippen molar-refractivity contribution in [3.8, 4) is 0 Å². The van der Waals surface area contributed by atoms with Crippen molar-refractivity contribution in [1.29, 1.82) is 0 Å². The van der Waals surface area contributed by atoms with Gasteiger partial charge in [-0.05, 0) is 55.7 Å². The van der Waals surface area contributed by atoms with Gasteiger partial charge in [0.1, 0.15) is 12.1 Å². The summed E-state index contributed by atoms with van der Waals surface area (Å²) in [6, 6.07) is 6.38. The number of hydrogen-bond donors (Lipinski definition) is 1. The zero-order valence-corrected chi connectivity index (χ0v) is 24.1. The van der Waals surface area contributed by atoms with E-state index in [9.17, 15) is 14.7 Å².